The van der Waals surface area contributed by atoms with E-state index >= 15 is 0 Å². The Kier molecular flexibility index (Phi) is 7.85. The van der Waals surface area contributed by atoms with Gasteiger partial charge in [0.2, 0.25) is 5.91 Å². The fourth-order valence-electron chi connectivity index (χ4n) is 4.40. The van der Waals surface area contributed by atoms with Gasteiger partial charge in [-0.3, -0.25) is 19.1 Å². The van der Waals surface area contributed by atoms with Crippen LogP contribution in [0, 0.1) is 0 Å². The highest BCUT2D eigenvalue weighted by Crippen LogP contribution is 2.30. The van der Waals surface area contributed by atoms with Gasteiger partial charge >= 0.3 is 0 Å². The van der Waals surface area contributed by atoms with E-state index in [2.05, 4.69) is 58.4 Å². The van der Waals surface area contributed by atoms with Crippen LogP contribution in [0.2, 0.25) is 0 Å². The Labute approximate surface area is 205 Å². The van der Waals surface area contributed by atoms with E-state index in [0.717, 1.165) is 18.8 Å². The van der Waals surface area contributed by atoms with Crippen LogP contribution in [0.1, 0.15) is 36.7 Å². The second kappa shape index (κ2) is 11.0. The number of hydrogen-bond donors (Lipinski definition) is 0. The molecule has 34 heavy (non-hydrogen) atoms. The number of hydrogen-bond acceptors (Lipinski definition) is 5. The first-order chi connectivity index (χ1) is 16.5. The minimum absolute atomic E-state index is 0.0875. The van der Waals surface area contributed by atoms with E-state index in [-0.39, 0.29) is 22.8 Å². The fourth-order valence-corrected chi connectivity index (χ4v) is 5.39. The molecule has 7 heteroatoms. The summed E-state index contributed by atoms with van der Waals surface area (Å²) < 4.78 is 1.52. The predicted molar refractivity (Wildman–Crippen MR) is 137 cm³/mol. The van der Waals surface area contributed by atoms with Gasteiger partial charge in [-0.15, -0.1) is 0 Å². The van der Waals surface area contributed by atoms with Crippen molar-refractivity contribution in [1.82, 2.24) is 19.4 Å². The van der Waals surface area contributed by atoms with Gasteiger partial charge in [-0.25, -0.2) is 4.98 Å². The Bertz CT molecular complexity index is 1120. The molecule has 1 aliphatic rings. The Balaban J connectivity index is 1.44. The lowest BCUT2D eigenvalue weighted by Crippen LogP contribution is -2.51. The van der Waals surface area contributed by atoms with Gasteiger partial charge in [-0.05, 0) is 24.5 Å². The van der Waals surface area contributed by atoms with Gasteiger partial charge in [-0.2, -0.15) is 0 Å². The Morgan fingerprint density at radius 3 is 2.06 bits per heavy atom. The van der Waals surface area contributed by atoms with Crippen LogP contribution >= 0.6 is 11.8 Å². The molecule has 178 valence electrons. The third kappa shape index (κ3) is 5.42. The van der Waals surface area contributed by atoms with Gasteiger partial charge in [0.05, 0.1) is 11.3 Å². The van der Waals surface area contributed by atoms with Crippen molar-refractivity contribution in [3.8, 4) is 0 Å². The molecular formula is C27H32N4O2S. The Hall–Kier alpha value is -2.90. The number of thioether (sulfide) groups is 1. The van der Waals surface area contributed by atoms with Crippen LogP contribution in [0.15, 0.2) is 76.7 Å². The van der Waals surface area contributed by atoms with Crippen molar-refractivity contribution >= 4 is 17.7 Å². The highest BCUT2D eigenvalue weighted by atomic mass is 32.2. The first-order valence-electron chi connectivity index (χ1n) is 11.8. The molecular weight excluding hydrogens is 444 g/mol. The normalized spacial score (nSPS) is 15.5. The molecule has 1 amide bonds. The summed E-state index contributed by atoms with van der Waals surface area (Å²) in [6.45, 7) is 6.85. The molecule has 0 spiro atoms. The van der Waals surface area contributed by atoms with E-state index in [1.165, 1.54) is 27.5 Å². The fraction of sp³-hybridized carbons (Fsp3) is 0.370. The highest BCUT2D eigenvalue weighted by molar-refractivity contribution is 8.00. The molecule has 1 unspecified atom stereocenters. The molecule has 0 N–H and O–H groups in total. The molecule has 1 saturated heterocycles. The summed E-state index contributed by atoms with van der Waals surface area (Å²) in [4.78, 5) is 34.4. The molecule has 1 aliphatic heterocycles. The summed E-state index contributed by atoms with van der Waals surface area (Å²) in [7, 11) is 1.71. The number of benzene rings is 2. The maximum absolute atomic E-state index is 13.2. The second-order valence-corrected chi connectivity index (χ2v) is 9.93. The zero-order chi connectivity index (χ0) is 24.1. The van der Waals surface area contributed by atoms with Crippen LogP contribution in [0.3, 0.4) is 0 Å². The average molecular weight is 477 g/mol. The lowest BCUT2D eigenvalue weighted by atomic mass is 9.96. The van der Waals surface area contributed by atoms with E-state index < -0.39 is 0 Å². The van der Waals surface area contributed by atoms with E-state index in [9.17, 15) is 9.59 Å². The number of aryl methyl sites for hydroxylation is 1. The Morgan fingerprint density at radius 2 is 1.53 bits per heavy atom. The second-order valence-electron chi connectivity index (χ2n) is 8.63. The van der Waals surface area contributed by atoms with Crippen LogP contribution in [-0.2, 0) is 18.3 Å². The van der Waals surface area contributed by atoms with Crippen LogP contribution in [0.25, 0.3) is 0 Å². The zero-order valence-electron chi connectivity index (χ0n) is 20.1. The standard InChI is InChI=1S/C27H32N4O2S/c1-4-23-19-24(32)29(3)27(28-23)34-20(2)26(33)31-17-15-30(16-18-31)25(21-11-7-5-8-12-21)22-13-9-6-10-14-22/h5-14,19-20,25H,4,15-18H2,1-3H3. The van der Waals surface area contributed by atoms with E-state index in [4.69, 9.17) is 0 Å². The van der Waals surface area contributed by atoms with Gasteiger partial charge in [0.15, 0.2) is 5.16 Å². The summed E-state index contributed by atoms with van der Waals surface area (Å²) in [6.07, 6.45) is 0.692. The summed E-state index contributed by atoms with van der Waals surface area (Å²) in [6, 6.07) is 22.9. The predicted octanol–water partition coefficient (Wildman–Crippen LogP) is 3.76. The largest absolute Gasteiger partial charge is 0.339 e. The Morgan fingerprint density at radius 1 is 0.971 bits per heavy atom. The highest BCUT2D eigenvalue weighted by Gasteiger charge is 2.30. The van der Waals surface area contributed by atoms with Gasteiger partial charge < -0.3 is 4.90 Å². The molecule has 1 atom stereocenters. The molecule has 2 aromatic carbocycles. The van der Waals surface area contributed by atoms with Crippen molar-refractivity contribution in [2.24, 2.45) is 7.05 Å². The monoisotopic (exact) mass is 476 g/mol. The van der Waals surface area contributed by atoms with Crippen molar-refractivity contribution in [3.63, 3.8) is 0 Å². The van der Waals surface area contributed by atoms with Gasteiger partial charge in [0.1, 0.15) is 0 Å². The molecule has 1 fully saturated rings. The van der Waals surface area contributed by atoms with Gasteiger partial charge in [-0.1, -0.05) is 79.3 Å². The maximum atomic E-state index is 13.2. The number of amides is 1. The molecule has 0 radical (unpaired) electrons. The van der Waals surface area contributed by atoms with Crippen molar-refractivity contribution in [2.45, 2.75) is 36.7 Å². The lowest BCUT2D eigenvalue weighted by Gasteiger charge is -2.40. The molecule has 2 heterocycles. The van der Waals surface area contributed by atoms with Crippen molar-refractivity contribution in [1.29, 1.82) is 0 Å². The first kappa shape index (κ1) is 24.2. The summed E-state index contributed by atoms with van der Waals surface area (Å²) in [5, 5.41) is 0.285. The number of carbonyl (C=O) groups excluding carboxylic acids is 1. The quantitative estimate of drug-likeness (QED) is 0.384. The zero-order valence-corrected chi connectivity index (χ0v) is 20.9. The van der Waals surface area contributed by atoms with Crippen LogP contribution in [0.5, 0.6) is 0 Å². The maximum Gasteiger partial charge on any atom is 0.254 e. The SMILES string of the molecule is CCc1cc(=O)n(C)c(SC(C)C(=O)N2CCN(C(c3ccccc3)c3ccccc3)CC2)n1. The summed E-state index contributed by atoms with van der Waals surface area (Å²) in [5.74, 6) is 0.0942. The van der Waals surface area contributed by atoms with Crippen molar-refractivity contribution < 1.29 is 4.79 Å². The van der Waals surface area contributed by atoms with Crippen molar-refractivity contribution in [3.05, 3.63) is 93.9 Å². The van der Waals surface area contributed by atoms with Gasteiger partial charge in [0, 0.05) is 45.0 Å². The average Bonchev–Trinajstić information content (AvgIpc) is 2.88. The topological polar surface area (TPSA) is 58.4 Å². The van der Waals surface area contributed by atoms with Crippen LogP contribution < -0.4 is 5.56 Å². The number of rotatable bonds is 7. The van der Waals surface area contributed by atoms with Crippen LogP contribution in [0.4, 0.5) is 0 Å². The molecule has 1 aromatic heterocycles. The number of carbonyl (C=O) groups is 1. The van der Waals surface area contributed by atoms with Gasteiger partial charge in [0.25, 0.3) is 5.56 Å². The molecule has 0 saturated carbocycles. The summed E-state index contributed by atoms with van der Waals surface area (Å²) >= 11 is 1.36. The molecule has 3 aromatic rings. The number of nitrogens with zero attached hydrogens (tertiary/aromatic N) is 4. The van der Waals surface area contributed by atoms with E-state index in [1.807, 2.05) is 30.9 Å². The number of piperazine rings is 1. The van der Waals surface area contributed by atoms with E-state index in [0.29, 0.717) is 24.7 Å². The first-order valence-corrected chi connectivity index (χ1v) is 12.7. The van der Waals surface area contributed by atoms with Crippen LogP contribution in [-0.4, -0.2) is 56.7 Å². The summed E-state index contributed by atoms with van der Waals surface area (Å²) in [5.41, 5.74) is 3.20. The molecule has 0 aliphatic carbocycles. The van der Waals surface area contributed by atoms with Crippen molar-refractivity contribution in [2.75, 3.05) is 26.2 Å². The minimum Gasteiger partial charge on any atom is -0.339 e. The third-order valence-corrected chi connectivity index (χ3v) is 7.49. The smallest absolute Gasteiger partial charge is 0.254 e. The molecule has 4 rings (SSSR count). The third-order valence-electron chi connectivity index (χ3n) is 6.36. The lowest BCUT2D eigenvalue weighted by molar-refractivity contribution is -0.132. The van der Waals surface area contributed by atoms with E-state index in [1.54, 1.807) is 13.1 Å². The number of aromatic nitrogens is 2. The molecule has 0 bridgehead atoms. The minimum atomic E-state index is -0.309. The molecule has 6 nitrogen and oxygen atoms in total.